The Morgan fingerprint density at radius 2 is 2.10 bits per heavy atom. The van der Waals surface area contributed by atoms with E-state index in [1.54, 1.807) is 0 Å². The van der Waals surface area contributed by atoms with E-state index in [1.807, 2.05) is 6.07 Å². The molecule has 0 heterocycles. The Bertz CT molecular complexity index is 470. The monoisotopic (exact) mass is 305 g/mol. The topological polar surface area (TPSA) is 12.0 Å². The third-order valence-electron chi connectivity index (χ3n) is 5.56. The fourth-order valence-electron chi connectivity index (χ4n) is 4.51. The van der Waals surface area contributed by atoms with Crippen LogP contribution in [0.5, 0.6) is 0 Å². The quantitative estimate of drug-likeness (QED) is 0.757. The minimum absolute atomic E-state index is 0.548. The number of hydrogen-bond donors (Lipinski definition) is 1. The molecule has 0 amide bonds. The Balaban J connectivity index is 1.69. The Morgan fingerprint density at radius 3 is 2.71 bits per heavy atom. The zero-order valence-electron chi connectivity index (χ0n) is 13.3. The van der Waals surface area contributed by atoms with Crippen LogP contribution in [0.3, 0.4) is 0 Å². The van der Waals surface area contributed by atoms with E-state index in [0.29, 0.717) is 12.0 Å². The summed E-state index contributed by atoms with van der Waals surface area (Å²) in [5.74, 6) is 3.60. The van der Waals surface area contributed by atoms with Gasteiger partial charge in [0.15, 0.2) is 0 Å². The first-order chi connectivity index (χ1) is 10.1. The molecular weight excluding hydrogens is 278 g/mol. The van der Waals surface area contributed by atoms with E-state index >= 15 is 0 Å². The first-order valence-corrected chi connectivity index (χ1v) is 8.98. The largest absolute Gasteiger partial charge is 0.314 e. The van der Waals surface area contributed by atoms with Crippen LogP contribution >= 0.6 is 11.6 Å². The van der Waals surface area contributed by atoms with Gasteiger partial charge in [0, 0.05) is 17.6 Å². The molecule has 0 aromatic heterocycles. The first kappa shape index (κ1) is 15.4. The van der Waals surface area contributed by atoms with Gasteiger partial charge in [-0.15, -0.1) is 0 Å². The molecule has 2 aliphatic rings. The molecule has 2 saturated carbocycles. The Labute approximate surface area is 134 Å². The van der Waals surface area contributed by atoms with Gasteiger partial charge < -0.3 is 5.32 Å². The fraction of sp³-hybridized carbons (Fsp3) is 0.684. The molecule has 0 saturated heterocycles. The maximum absolute atomic E-state index is 6.21. The van der Waals surface area contributed by atoms with Crippen LogP contribution < -0.4 is 5.32 Å². The highest BCUT2D eigenvalue weighted by molar-refractivity contribution is 6.30. The smallest absolute Gasteiger partial charge is 0.0408 e. The molecule has 0 aliphatic heterocycles. The van der Waals surface area contributed by atoms with Gasteiger partial charge in [-0.2, -0.15) is 0 Å². The zero-order chi connectivity index (χ0) is 14.8. The van der Waals surface area contributed by atoms with Crippen molar-refractivity contribution in [3.8, 4) is 0 Å². The standard InChI is InChI=1S/C19H28ClN/c1-13(2)21-12-18(15-4-3-5-19(20)11-15)10-17-9-14-6-7-16(17)8-14/h3-5,11,13-14,16-18,21H,6-10,12H2,1-2H3. The minimum atomic E-state index is 0.548. The van der Waals surface area contributed by atoms with Crippen LogP contribution in [0, 0.1) is 17.8 Å². The highest BCUT2D eigenvalue weighted by Crippen LogP contribution is 2.51. The molecule has 0 radical (unpaired) electrons. The maximum atomic E-state index is 6.21. The lowest BCUT2D eigenvalue weighted by Gasteiger charge is -2.28. The number of hydrogen-bond acceptors (Lipinski definition) is 1. The maximum Gasteiger partial charge on any atom is 0.0408 e. The van der Waals surface area contributed by atoms with E-state index in [-0.39, 0.29) is 0 Å². The van der Waals surface area contributed by atoms with E-state index in [0.717, 1.165) is 29.3 Å². The normalized spacial score (nSPS) is 29.2. The highest BCUT2D eigenvalue weighted by Gasteiger charge is 2.40. The molecule has 1 N–H and O–H groups in total. The average Bonchev–Trinajstić information content (AvgIpc) is 3.05. The van der Waals surface area contributed by atoms with E-state index in [4.69, 9.17) is 11.6 Å². The molecule has 2 heteroatoms. The van der Waals surface area contributed by atoms with Crippen LogP contribution in [0.15, 0.2) is 24.3 Å². The number of nitrogens with one attached hydrogen (secondary N) is 1. The summed E-state index contributed by atoms with van der Waals surface area (Å²) >= 11 is 6.21. The summed E-state index contributed by atoms with van der Waals surface area (Å²) in [6, 6.07) is 9.05. The summed E-state index contributed by atoms with van der Waals surface area (Å²) < 4.78 is 0. The minimum Gasteiger partial charge on any atom is -0.314 e. The third-order valence-corrected chi connectivity index (χ3v) is 5.80. The fourth-order valence-corrected chi connectivity index (χ4v) is 4.71. The molecule has 2 aliphatic carbocycles. The van der Waals surface area contributed by atoms with Gasteiger partial charge in [0.1, 0.15) is 0 Å². The predicted octanol–water partition coefficient (Wildman–Crippen LogP) is 5.25. The van der Waals surface area contributed by atoms with Crippen LogP contribution in [0.4, 0.5) is 0 Å². The average molecular weight is 306 g/mol. The van der Waals surface area contributed by atoms with Crippen LogP contribution in [0.2, 0.25) is 5.02 Å². The lowest BCUT2D eigenvalue weighted by molar-refractivity contribution is 0.289. The van der Waals surface area contributed by atoms with E-state index in [1.165, 1.54) is 37.7 Å². The SMILES string of the molecule is CC(C)NCC(CC1CC2CCC1C2)c1cccc(Cl)c1. The summed E-state index contributed by atoms with van der Waals surface area (Å²) in [6.45, 7) is 5.53. The van der Waals surface area contributed by atoms with Crippen LogP contribution in [-0.4, -0.2) is 12.6 Å². The number of rotatable bonds is 6. The summed E-state index contributed by atoms with van der Waals surface area (Å²) in [5.41, 5.74) is 1.42. The first-order valence-electron chi connectivity index (χ1n) is 8.60. The van der Waals surface area contributed by atoms with Gasteiger partial charge in [0.25, 0.3) is 0 Å². The molecule has 3 rings (SSSR count). The summed E-state index contributed by atoms with van der Waals surface area (Å²) in [7, 11) is 0. The molecule has 116 valence electrons. The van der Waals surface area contributed by atoms with Crippen molar-refractivity contribution in [2.75, 3.05) is 6.54 Å². The third kappa shape index (κ3) is 3.81. The van der Waals surface area contributed by atoms with Gasteiger partial charge in [0.05, 0.1) is 0 Å². The van der Waals surface area contributed by atoms with Gasteiger partial charge in [-0.05, 0) is 67.1 Å². The molecule has 0 spiro atoms. The molecule has 4 unspecified atom stereocenters. The van der Waals surface area contributed by atoms with Crippen molar-refractivity contribution >= 4 is 11.6 Å². The van der Waals surface area contributed by atoms with Crippen LogP contribution in [-0.2, 0) is 0 Å². The highest BCUT2D eigenvalue weighted by atomic mass is 35.5. The zero-order valence-corrected chi connectivity index (χ0v) is 14.1. The second-order valence-corrected chi connectivity index (χ2v) is 7.92. The van der Waals surface area contributed by atoms with Gasteiger partial charge in [-0.25, -0.2) is 0 Å². The molecule has 2 fully saturated rings. The second-order valence-electron chi connectivity index (χ2n) is 7.49. The Kier molecular flexibility index (Phi) is 4.91. The number of halogens is 1. The van der Waals surface area contributed by atoms with E-state index < -0.39 is 0 Å². The molecule has 1 aromatic rings. The summed E-state index contributed by atoms with van der Waals surface area (Å²) in [5, 5.41) is 4.51. The lowest BCUT2D eigenvalue weighted by Crippen LogP contribution is -2.29. The summed E-state index contributed by atoms with van der Waals surface area (Å²) in [6.07, 6.45) is 7.29. The molecule has 1 nitrogen and oxygen atoms in total. The van der Waals surface area contributed by atoms with Crippen LogP contribution in [0.25, 0.3) is 0 Å². The van der Waals surface area contributed by atoms with Crippen molar-refractivity contribution in [1.29, 1.82) is 0 Å². The summed E-state index contributed by atoms with van der Waals surface area (Å²) in [4.78, 5) is 0. The lowest BCUT2D eigenvalue weighted by atomic mass is 9.80. The molecule has 4 atom stereocenters. The molecule has 21 heavy (non-hydrogen) atoms. The van der Waals surface area contributed by atoms with Gasteiger partial charge in [0.2, 0.25) is 0 Å². The van der Waals surface area contributed by atoms with Gasteiger partial charge >= 0.3 is 0 Å². The Hall–Kier alpha value is -0.530. The van der Waals surface area contributed by atoms with Crippen molar-refractivity contribution < 1.29 is 0 Å². The molecule has 1 aromatic carbocycles. The van der Waals surface area contributed by atoms with Crippen molar-refractivity contribution in [3.05, 3.63) is 34.9 Å². The molecular formula is C19H28ClN. The van der Waals surface area contributed by atoms with Crippen LogP contribution in [0.1, 0.15) is 57.4 Å². The van der Waals surface area contributed by atoms with Crippen molar-refractivity contribution in [1.82, 2.24) is 5.32 Å². The number of benzene rings is 1. The Morgan fingerprint density at radius 1 is 1.24 bits per heavy atom. The predicted molar refractivity (Wildman–Crippen MR) is 90.9 cm³/mol. The van der Waals surface area contributed by atoms with Crippen molar-refractivity contribution in [3.63, 3.8) is 0 Å². The number of fused-ring (bicyclic) bond motifs is 2. The second kappa shape index (κ2) is 6.71. The van der Waals surface area contributed by atoms with Gasteiger partial charge in [-0.3, -0.25) is 0 Å². The van der Waals surface area contributed by atoms with Crippen molar-refractivity contribution in [2.24, 2.45) is 17.8 Å². The van der Waals surface area contributed by atoms with E-state index in [9.17, 15) is 0 Å². The van der Waals surface area contributed by atoms with Crippen molar-refractivity contribution in [2.45, 2.75) is 57.9 Å². The van der Waals surface area contributed by atoms with E-state index in [2.05, 4.69) is 37.4 Å². The molecule has 2 bridgehead atoms. The van der Waals surface area contributed by atoms with Gasteiger partial charge in [-0.1, -0.05) is 44.0 Å².